The fourth-order valence-corrected chi connectivity index (χ4v) is 2.71. The zero-order valence-corrected chi connectivity index (χ0v) is 12.5. The van der Waals surface area contributed by atoms with Gasteiger partial charge in [-0.05, 0) is 43.4 Å². The number of urea groups is 1. The second kappa shape index (κ2) is 6.61. The van der Waals surface area contributed by atoms with E-state index >= 15 is 0 Å². The Morgan fingerprint density at radius 1 is 1.38 bits per heavy atom. The van der Waals surface area contributed by atoms with E-state index in [1.165, 1.54) is 0 Å². The van der Waals surface area contributed by atoms with Gasteiger partial charge in [0, 0.05) is 18.3 Å². The van der Waals surface area contributed by atoms with E-state index in [9.17, 15) is 9.59 Å². The molecule has 0 aromatic heterocycles. The zero-order valence-electron chi connectivity index (χ0n) is 12.5. The number of benzene rings is 1. The minimum absolute atomic E-state index is 0.0362. The third kappa shape index (κ3) is 3.97. The molecule has 114 valence electrons. The van der Waals surface area contributed by atoms with Crippen LogP contribution in [0, 0.1) is 0 Å². The van der Waals surface area contributed by atoms with Crippen molar-refractivity contribution in [2.75, 3.05) is 11.9 Å². The van der Waals surface area contributed by atoms with Gasteiger partial charge in [-0.1, -0.05) is 19.1 Å². The van der Waals surface area contributed by atoms with Crippen LogP contribution in [0.5, 0.6) is 0 Å². The Labute approximate surface area is 125 Å². The van der Waals surface area contributed by atoms with Gasteiger partial charge in [0.1, 0.15) is 0 Å². The van der Waals surface area contributed by atoms with Crippen LogP contribution in [0.25, 0.3) is 0 Å². The maximum Gasteiger partial charge on any atom is 0.322 e. The van der Waals surface area contributed by atoms with Gasteiger partial charge in [-0.2, -0.15) is 0 Å². The Kier molecular flexibility index (Phi) is 4.83. The molecule has 1 aromatic rings. The molecule has 1 saturated heterocycles. The number of aliphatic carboxylic acids is 1. The molecule has 2 atom stereocenters. The van der Waals surface area contributed by atoms with Crippen LogP contribution >= 0.6 is 0 Å². The number of hydrogen-bond donors (Lipinski definition) is 2. The Balaban J connectivity index is 1.96. The molecule has 0 radical (unpaired) electrons. The number of nitrogens with zero attached hydrogens (tertiary/aromatic N) is 1. The molecule has 2 unspecified atom stereocenters. The average molecular weight is 290 g/mol. The summed E-state index contributed by atoms with van der Waals surface area (Å²) < 4.78 is 0. The Morgan fingerprint density at radius 3 is 2.57 bits per heavy atom. The molecular weight excluding hydrogens is 268 g/mol. The van der Waals surface area contributed by atoms with Crippen molar-refractivity contribution in [2.24, 2.45) is 0 Å². The number of carboxylic acid groups (broad SMARTS) is 1. The smallest absolute Gasteiger partial charge is 0.322 e. The van der Waals surface area contributed by atoms with Gasteiger partial charge < -0.3 is 15.3 Å². The van der Waals surface area contributed by atoms with Crippen LogP contribution in [-0.4, -0.2) is 34.6 Å². The molecule has 5 nitrogen and oxygen atoms in total. The number of hydrogen-bond acceptors (Lipinski definition) is 2. The summed E-state index contributed by atoms with van der Waals surface area (Å²) in [4.78, 5) is 24.7. The van der Waals surface area contributed by atoms with Crippen molar-refractivity contribution >= 4 is 17.7 Å². The van der Waals surface area contributed by atoms with Crippen LogP contribution in [0.3, 0.4) is 0 Å². The summed E-state index contributed by atoms with van der Waals surface area (Å²) in [5.74, 6) is -0.839. The summed E-state index contributed by atoms with van der Waals surface area (Å²) >= 11 is 0. The van der Waals surface area contributed by atoms with Crippen LogP contribution in [0.4, 0.5) is 10.5 Å². The number of carbonyl (C=O) groups is 2. The standard InChI is InChI=1S/C16H22N2O3/c1-11(10-15(19)20)13-5-7-14(8-6-13)17-16(21)18-9-3-4-12(18)2/h5-8,11-12H,3-4,9-10H2,1-2H3,(H,17,21)(H,19,20). The van der Waals surface area contributed by atoms with E-state index in [2.05, 4.69) is 12.2 Å². The van der Waals surface area contributed by atoms with E-state index in [4.69, 9.17) is 5.11 Å². The molecule has 1 fully saturated rings. The molecule has 0 spiro atoms. The molecule has 0 saturated carbocycles. The molecule has 0 aliphatic carbocycles. The van der Waals surface area contributed by atoms with E-state index in [-0.39, 0.29) is 18.4 Å². The second-order valence-corrected chi connectivity index (χ2v) is 5.74. The van der Waals surface area contributed by atoms with Crippen LogP contribution in [0.1, 0.15) is 44.6 Å². The first-order valence-corrected chi connectivity index (χ1v) is 7.36. The number of amides is 2. The molecule has 0 bridgehead atoms. The lowest BCUT2D eigenvalue weighted by atomic mass is 9.98. The maximum absolute atomic E-state index is 12.1. The largest absolute Gasteiger partial charge is 0.481 e. The van der Waals surface area contributed by atoms with Crippen molar-refractivity contribution in [3.05, 3.63) is 29.8 Å². The monoisotopic (exact) mass is 290 g/mol. The van der Waals surface area contributed by atoms with E-state index < -0.39 is 5.97 Å². The Morgan fingerprint density at radius 2 is 2.05 bits per heavy atom. The zero-order chi connectivity index (χ0) is 15.4. The highest BCUT2D eigenvalue weighted by Crippen LogP contribution is 2.22. The summed E-state index contributed by atoms with van der Waals surface area (Å²) in [7, 11) is 0. The number of likely N-dealkylation sites (tertiary alicyclic amines) is 1. The highest BCUT2D eigenvalue weighted by Gasteiger charge is 2.24. The fourth-order valence-electron chi connectivity index (χ4n) is 2.71. The Hall–Kier alpha value is -2.04. The highest BCUT2D eigenvalue weighted by molar-refractivity contribution is 5.89. The molecule has 1 aliphatic heterocycles. The first-order valence-electron chi connectivity index (χ1n) is 7.36. The highest BCUT2D eigenvalue weighted by atomic mass is 16.4. The Bertz CT molecular complexity index is 513. The van der Waals surface area contributed by atoms with E-state index in [0.29, 0.717) is 6.04 Å². The van der Waals surface area contributed by atoms with E-state index in [1.807, 2.05) is 36.1 Å². The molecule has 1 heterocycles. The molecule has 21 heavy (non-hydrogen) atoms. The van der Waals surface area contributed by atoms with Crippen LogP contribution in [-0.2, 0) is 4.79 Å². The van der Waals surface area contributed by atoms with Crippen LogP contribution in [0.2, 0.25) is 0 Å². The fraction of sp³-hybridized carbons (Fsp3) is 0.500. The summed E-state index contributed by atoms with van der Waals surface area (Å²) in [6, 6.07) is 7.62. The van der Waals surface area contributed by atoms with E-state index in [0.717, 1.165) is 30.6 Å². The number of rotatable bonds is 4. The topological polar surface area (TPSA) is 69.6 Å². The van der Waals surface area contributed by atoms with E-state index in [1.54, 1.807) is 0 Å². The minimum atomic E-state index is -0.803. The number of nitrogens with one attached hydrogen (secondary N) is 1. The predicted octanol–water partition coefficient (Wildman–Crippen LogP) is 3.28. The summed E-state index contributed by atoms with van der Waals surface area (Å²) in [6.07, 6.45) is 2.22. The van der Waals surface area contributed by atoms with Crippen molar-refractivity contribution in [2.45, 2.75) is 45.1 Å². The van der Waals surface area contributed by atoms with Gasteiger partial charge in [0.15, 0.2) is 0 Å². The van der Waals surface area contributed by atoms with Gasteiger partial charge in [0.2, 0.25) is 0 Å². The second-order valence-electron chi connectivity index (χ2n) is 5.74. The van der Waals surface area contributed by atoms with Crippen molar-refractivity contribution in [3.8, 4) is 0 Å². The van der Waals surface area contributed by atoms with Crippen LogP contribution < -0.4 is 5.32 Å². The first kappa shape index (κ1) is 15.4. The minimum Gasteiger partial charge on any atom is -0.481 e. The molecular formula is C16H22N2O3. The molecule has 2 N–H and O–H groups in total. The summed E-state index contributed by atoms with van der Waals surface area (Å²) in [6.45, 7) is 4.75. The quantitative estimate of drug-likeness (QED) is 0.894. The van der Waals surface area contributed by atoms with Gasteiger partial charge in [-0.15, -0.1) is 0 Å². The lowest BCUT2D eigenvalue weighted by Gasteiger charge is -2.22. The number of carboxylic acids is 1. The number of carbonyl (C=O) groups excluding carboxylic acids is 1. The summed E-state index contributed by atoms with van der Waals surface area (Å²) in [5.41, 5.74) is 1.70. The van der Waals surface area contributed by atoms with Crippen molar-refractivity contribution in [1.29, 1.82) is 0 Å². The number of anilines is 1. The van der Waals surface area contributed by atoms with Gasteiger partial charge in [-0.25, -0.2) is 4.79 Å². The van der Waals surface area contributed by atoms with Crippen LogP contribution in [0.15, 0.2) is 24.3 Å². The van der Waals surface area contributed by atoms with Gasteiger partial charge in [0.25, 0.3) is 0 Å². The predicted molar refractivity (Wildman–Crippen MR) is 81.5 cm³/mol. The lowest BCUT2D eigenvalue weighted by Crippen LogP contribution is -2.37. The third-order valence-corrected chi connectivity index (χ3v) is 4.03. The SMILES string of the molecule is CC(CC(=O)O)c1ccc(NC(=O)N2CCCC2C)cc1. The molecule has 2 amide bonds. The third-order valence-electron chi connectivity index (χ3n) is 4.03. The average Bonchev–Trinajstić information content (AvgIpc) is 2.85. The lowest BCUT2D eigenvalue weighted by molar-refractivity contribution is -0.137. The molecule has 1 aliphatic rings. The van der Waals surface area contributed by atoms with Gasteiger partial charge in [-0.3, -0.25) is 4.79 Å². The summed E-state index contributed by atoms with van der Waals surface area (Å²) in [5, 5.41) is 11.7. The van der Waals surface area contributed by atoms with Gasteiger partial charge >= 0.3 is 12.0 Å². The first-order chi connectivity index (χ1) is 9.97. The van der Waals surface area contributed by atoms with Crippen molar-refractivity contribution in [1.82, 2.24) is 4.90 Å². The normalized spacial score (nSPS) is 19.3. The molecule has 5 heteroatoms. The van der Waals surface area contributed by atoms with Crippen molar-refractivity contribution in [3.63, 3.8) is 0 Å². The maximum atomic E-state index is 12.1. The van der Waals surface area contributed by atoms with Gasteiger partial charge in [0.05, 0.1) is 6.42 Å². The molecule has 2 rings (SSSR count). The van der Waals surface area contributed by atoms with Crippen molar-refractivity contribution < 1.29 is 14.7 Å². The molecule has 1 aromatic carbocycles.